The first-order valence-corrected chi connectivity index (χ1v) is 9.42. The van der Waals surface area contributed by atoms with Crippen molar-refractivity contribution in [2.45, 2.75) is 49.7 Å². The van der Waals surface area contributed by atoms with Crippen LogP contribution in [0.4, 0.5) is 17.6 Å². The largest absolute Gasteiger partial charge is 0.419 e. The molecule has 2 aromatic rings. The van der Waals surface area contributed by atoms with Crippen molar-refractivity contribution >= 4 is 0 Å². The molecule has 1 saturated heterocycles. The van der Waals surface area contributed by atoms with Crippen molar-refractivity contribution in [1.29, 1.82) is 0 Å². The number of aliphatic hydroxyl groups excluding tert-OH is 5. The van der Waals surface area contributed by atoms with Gasteiger partial charge in [0.05, 0.1) is 12.2 Å². The summed E-state index contributed by atoms with van der Waals surface area (Å²) in [6, 6.07) is 6.96. The van der Waals surface area contributed by atoms with E-state index in [1.54, 1.807) is 6.92 Å². The molecule has 0 amide bonds. The Balaban J connectivity index is 1.88. The standard InChI is InChI=1S/C21H22F4O6/c1-9-6-10(11-3-5-13(14(22)7-11)21(23,24)25)2-4-12(9)16(27)20-19(30)18(29)17(28)15(8-26)31-20/h2-7,15-20,26-30H,8H2,1H3/t15?,16-,17-,18?,19?,20-/m1/s1. The van der Waals surface area contributed by atoms with Crippen LogP contribution < -0.4 is 0 Å². The van der Waals surface area contributed by atoms with Gasteiger partial charge in [-0.2, -0.15) is 13.2 Å². The van der Waals surface area contributed by atoms with Gasteiger partial charge in [-0.05, 0) is 41.3 Å². The highest BCUT2D eigenvalue weighted by molar-refractivity contribution is 5.65. The van der Waals surface area contributed by atoms with Crippen LogP contribution in [0.3, 0.4) is 0 Å². The predicted molar refractivity (Wildman–Crippen MR) is 100 cm³/mol. The Morgan fingerprint density at radius 2 is 1.58 bits per heavy atom. The minimum Gasteiger partial charge on any atom is -0.394 e. The monoisotopic (exact) mass is 446 g/mol. The van der Waals surface area contributed by atoms with E-state index in [2.05, 4.69) is 0 Å². The number of rotatable bonds is 4. The van der Waals surface area contributed by atoms with Gasteiger partial charge in [0.25, 0.3) is 0 Å². The first-order valence-electron chi connectivity index (χ1n) is 9.42. The van der Waals surface area contributed by atoms with Gasteiger partial charge in [0, 0.05) is 0 Å². The van der Waals surface area contributed by atoms with Gasteiger partial charge < -0.3 is 30.3 Å². The topological polar surface area (TPSA) is 110 Å². The Bertz CT molecular complexity index is 933. The molecular weight excluding hydrogens is 424 g/mol. The Hall–Kier alpha value is -2.08. The van der Waals surface area contributed by atoms with Crippen LogP contribution in [0.1, 0.15) is 22.8 Å². The number of aliphatic hydroxyl groups is 5. The summed E-state index contributed by atoms with van der Waals surface area (Å²) in [5, 5.41) is 49.9. The van der Waals surface area contributed by atoms with Crippen LogP contribution in [0.25, 0.3) is 11.1 Å². The molecular formula is C21H22F4O6. The van der Waals surface area contributed by atoms with E-state index in [0.717, 1.165) is 12.1 Å². The molecule has 1 heterocycles. The van der Waals surface area contributed by atoms with Crippen molar-refractivity contribution in [3.05, 3.63) is 58.9 Å². The molecule has 31 heavy (non-hydrogen) atoms. The van der Waals surface area contributed by atoms with Crippen molar-refractivity contribution in [2.24, 2.45) is 0 Å². The maximum absolute atomic E-state index is 13.9. The molecule has 0 aromatic heterocycles. The fourth-order valence-corrected chi connectivity index (χ4v) is 3.68. The maximum atomic E-state index is 13.9. The Kier molecular flexibility index (Phi) is 6.70. The van der Waals surface area contributed by atoms with Gasteiger partial charge in [0.15, 0.2) is 0 Å². The number of aryl methyl sites for hydroxylation is 1. The summed E-state index contributed by atoms with van der Waals surface area (Å²) in [7, 11) is 0. The highest BCUT2D eigenvalue weighted by atomic mass is 19.4. The lowest BCUT2D eigenvalue weighted by Gasteiger charge is -2.42. The van der Waals surface area contributed by atoms with Crippen molar-refractivity contribution in [3.8, 4) is 11.1 Å². The quantitative estimate of drug-likeness (QED) is 0.458. The summed E-state index contributed by atoms with van der Waals surface area (Å²) in [6.07, 6.45) is -13.7. The van der Waals surface area contributed by atoms with Gasteiger partial charge in [-0.25, -0.2) is 4.39 Å². The SMILES string of the molecule is Cc1cc(-c2ccc(C(F)(F)F)c(F)c2)ccc1[C@@H](O)[C@H]1OC(CO)[C@@H](O)C(O)C1O. The average molecular weight is 446 g/mol. The van der Waals surface area contributed by atoms with E-state index in [1.165, 1.54) is 18.2 Å². The lowest BCUT2D eigenvalue weighted by molar-refractivity contribution is -0.250. The number of hydrogen-bond acceptors (Lipinski definition) is 6. The van der Waals surface area contributed by atoms with Crippen molar-refractivity contribution in [2.75, 3.05) is 6.61 Å². The molecule has 1 aliphatic heterocycles. The summed E-state index contributed by atoms with van der Waals surface area (Å²) in [6.45, 7) is 0.943. The second-order valence-corrected chi connectivity index (χ2v) is 7.50. The zero-order chi connectivity index (χ0) is 23.1. The van der Waals surface area contributed by atoms with Gasteiger partial charge in [-0.15, -0.1) is 0 Å². The van der Waals surface area contributed by atoms with Crippen LogP contribution in [0.5, 0.6) is 0 Å². The molecule has 6 nitrogen and oxygen atoms in total. The molecule has 0 bridgehead atoms. The first-order chi connectivity index (χ1) is 14.5. The highest BCUT2D eigenvalue weighted by Gasteiger charge is 2.46. The van der Waals surface area contributed by atoms with Crippen molar-refractivity contribution < 1.29 is 47.8 Å². The summed E-state index contributed by atoms with van der Waals surface area (Å²) >= 11 is 0. The van der Waals surface area contributed by atoms with Crippen LogP contribution in [0.15, 0.2) is 36.4 Å². The second-order valence-electron chi connectivity index (χ2n) is 7.50. The lowest BCUT2D eigenvalue weighted by Crippen LogP contribution is -2.59. The smallest absolute Gasteiger partial charge is 0.394 e. The lowest BCUT2D eigenvalue weighted by atomic mass is 9.88. The van der Waals surface area contributed by atoms with Gasteiger partial charge in [0.2, 0.25) is 0 Å². The highest BCUT2D eigenvalue weighted by Crippen LogP contribution is 2.36. The van der Waals surface area contributed by atoms with E-state index in [0.29, 0.717) is 17.2 Å². The zero-order valence-corrected chi connectivity index (χ0v) is 16.3. The van der Waals surface area contributed by atoms with Gasteiger partial charge >= 0.3 is 6.18 Å². The van der Waals surface area contributed by atoms with Crippen molar-refractivity contribution in [3.63, 3.8) is 0 Å². The summed E-state index contributed by atoms with van der Waals surface area (Å²) in [4.78, 5) is 0. The molecule has 0 spiro atoms. The third-order valence-corrected chi connectivity index (χ3v) is 5.44. The van der Waals surface area contributed by atoms with Gasteiger partial charge in [-0.3, -0.25) is 0 Å². The number of benzene rings is 2. The number of ether oxygens (including phenoxy) is 1. The zero-order valence-electron chi connectivity index (χ0n) is 16.3. The molecule has 0 aliphatic carbocycles. The predicted octanol–water partition coefficient (Wildman–Crippen LogP) is 1.70. The number of hydrogen-bond donors (Lipinski definition) is 5. The van der Waals surface area contributed by atoms with E-state index >= 15 is 0 Å². The molecule has 1 aliphatic rings. The third kappa shape index (κ3) is 4.59. The molecule has 3 unspecified atom stereocenters. The summed E-state index contributed by atoms with van der Waals surface area (Å²) < 4.78 is 57.5. The van der Waals surface area contributed by atoms with Crippen LogP contribution in [0, 0.1) is 12.7 Å². The fourth-order valence-electron chi connectivity index (χ4n) is 3.68. The third-order valence-electron chi connectivity index (χ3n) is 5.44. The Morgan fingerprint density at radius 1 is 0.968 bits per heavy atom. The number of halogens is 4. The van der Waals surface area contributed by atoms with Crippen LogP contribution in [0.2, 0.25) is 0 Å². The average Bonchev–Trinajstić information content (AvgIpc) is 2.70. The Morgan fingerprint density at radius 3 is 2.13 bits per heavy atom. The molecule has 170 valence electrons. The molecule has 1 fully saturated rings. The van der Waals surface area contributed by atoms with Crippen molar-refractivity contribution in [1.82, 2.24) is 0 Å². The molecule has 5 N–H and O–H groups in total. The van der Waals surface area contributed by atoms with Crippen LogP contribution >= 0.6 is 0 Å². The van der Waals surface area contributed by atoms with Gasteiger partial charge in [0.1, 0.15) is 42.4 Å². The number of alkyl halides is 3. The van der Waals surface area contributed by atoms with E-state index < -0.39 is 60.8 Å². The molecule has 2 aromatic carbocycles. The van der Waals surface area contributed by atoms with E-state index in [1.807, 2.05) is 0 Å². The first kappa shape index (κ1) is 23.6. The summed E-state index contributed by atoms with van der Waals surface area (Å²) in [5.74, 6) is -1.41. The van der Waals surface area contributed by atoms with Crippen LogP contribution in [-0.2, 0) is 10.9 Å². The van der Waals surface area contributed by atoms with E-state index in [4.69, 9.17) is 4.74 Å². The van der Waals surface area contributed by atoms with E-state index in [-0.39, 0.29) is 11.1 Å². The molecule has 0 saturated carbocycles. The minimum atomic E-state index is -4.81. The van der Waals surface area contributed by atoms with E-state index in [9.17, 15) is 43.1 Å². The molecule has 0 radical (unpaired) electrons. The normalized spacial score (nSPS) is 27.9. The Labute approximate surface area is 175 Å². The molecule has 6 atom stereocenters. The second kappa shape index (κ2) is 8.81. The molecule has 3 rings (SSSR count). The van der Waals surface area contributed by atoms with Gasteiger partial charge in [-0.1, -0.05) is 24.3 Å². The minimum absolute atomic E-state index is 0.197. The fraction of sp³-hybridized carbons (Fsp3) is 0.429. The maximum Gasteiger partial charge on any atom is 0.419 e. The molecule has 10 heteroatoms. The summed E-state index contributed by atoms with van der Waals surface area (Å²) in [5.41, 5.74) is -0.0391. The van der Waals surface area contributed by atoms with Crippen LogP contribution in [-0.4, -0.2) is 62.7 Å².